The number of anilines is 4. The third-order valence-electron chi connectivity index (χ3n) is 4.51. The lowest BCUT2D eigenvalue weighted by Gasteiger charge is -2.27. The van der Waals surface area contributed by atoms with E-state index in [1.54, 1.807) is 0 Å². The van der Waals surface area contributed by atoms with Crippen LogP contribution in [0, 0.1) is 0 Å². The molecule has 0 atom stereocenters. The van der Waals surface area contributed by atoms with Crippen LogP contribution in [0.4, 0.5) is 23.5 Å². The molecule has 1 aromatic heterocycles. The maximum absolute atomic E-state index is 5.45. The van der Waals surface area contributed by atoms with Crippen LogP contribution in [0.1, 0.15) is 12.5 Å². The lowest BCUT2D eigenvalue weighted by Crippen LogP contribution is -2.37. The lowest BCUT2D eigenvalue weighted by molar-refractivity contribution is 0.122. The van der Waals surface area contributed by atoms with Crippen LogP contribution in [0.25, 0.3) is 0 Å². The summed E-state index contributed by atoms with van der Waals surface area (Å²) >= 11 is 3.48. The third-order valence-corrected chi connectivity index (χ3v) is 5.01. The molecule has 9 heteroatoms. The predicted octanol–water partition coefficient (Wildman–Crippen LogP) is 4.05. The van der Waals surface area contributed by atoms with Gasteiger partial charge in [0.2, 0.25) is 17.8 Å². The molecule has 0 unspecified atom stereocenters. The van der Waals surface area contributed by atoms with Crippen LogP contribution < -0.4 is 15.6 Å². The average Bonchev–Trinajstić information content (AvgIpc) is 2.78. The van der Waals surface area contributed by atoms with Gasteiger partial charge in [0.1, 0.15) is 0 Å². The summed E-state index contributed by atoms with van der Waals surface area (Å²) in [7, 11) is 0. The van der Waals surface area contributed by atoms with Crippen LogP contribution in [0.15, 0.2) is 64.2 Å². The van der Waals surface area contributed by atoms with E-state index in [4.69, 9.17) is 4.74 Å². The van der Waals surface area contributed by atoms with E-state index in [2.05, 4.69) is 51.6 Å². The minimum atomic E-state index is 0.374. The molecule has 0 aliphatic carbocycles. The fourth-order valence-corrected chi connectivity index (χ4v) is 3.35. The summed E-state index contributed by atoms with van der Waals surface area (Å²) in [6, 6.07) is 17.8. The Morgan fingerprint density at radius 2 is 1.77 bits per heavy atom. The Balaban J connectivity index is 1.61. The maximum Gasteiger partial charge on any atom is 0.250 e. The topological polar surface area (TPSA) is 87.6 Å². The zero-order valence-corrected chi connectivity index (χ0v) is 18.1. The second kappa shape index (κ2) is 9.64. The van der Waals surface area contributed by atoms with Crippen molar-refractivity contribution in [3.63, 3.8) is 0 Å². The summed E-state index contributed by atoms with van der Waals surface area (Å²) in [6.45, 7) is 4.69. The molecule has 1 aliphatic rings. The molecule has 4 rings (SSSR count). The van der Waals surface area contributed by atoms with E-state index >= 15 is 0 Å². The Labute approximate surface area is 183 Å². The quantitative estimate of drug-likeness (QED) is 0.417. The molecule has 8 nitrogen and oxygen atoms in total. The minimum absolute atomic E-state index is 0.374. The second-order valence-corrected chi connectivity index (χ2v) is 7.61. The molecule has 1 saturated heterocycles. The summed E-state index contributed by atoms with van der Waals surface area (Å²) < 4.78 is 6.42. The highest BCUT2D eigenvalue weighted by Gasteiger charge is 2.17. The van der Waals surface area contributed by atoms with E-state index in [1.807, 2.05) is 61.5 Å². The minimum Gasteiger partial charge on any atom is -0.378 e. The Kier molecular flexibility index (Phi) is 6.50. The highest BCUT2D eigenvalue weighted by Crippen LogP contribution is 2.21. The first kappa shape index (κ1) is 20.2. The van der Waals surface area contributed by atoms with Crippen LogP contribution >= 0.6 is 15.9 Å². The van der Waals surface area contributed by atoms with Gasteiger partial charge >= 0.3 is 0 Å². The van der Waals surface area contributed by atoms with E-state index in [0.717, 1.165) is 34.5 Å². The summed E-state index contributed by atoms with van der Waals surface area (Å²) in [4.78, 5) is 15.7. The predicted molar refractivity (Wildman–Crippen MR) is 123 cm³/mol. The molecule has 3 aromatic rings. The van der Waals surface area contributed by atoms with Crippen LogP contribution in [0.3, 0.4) is 0 Å². The van der Waals surface area contributed by atoms with E-state index in [1.165, 1.54) is 0 Å². The number of rotatable bonds is 6. The van der Waals surface area contributed by atoms with Gasteiger partial charge in [0.15, 0.2) is 0 Å². The number of aromatic nitrogens is 3. The highest BCUT2D eigenvalue weighted by atomic mass is 79.9. The Morgan fingerprint density at radius 1 is 1.00 bits per heavy atom. The van der Waals surface area contributed by atoms with Gasteiger partial charge in [-0.05, 0) is 30.7 Å². The van der Waals surface area contributed by atoms with Gasteiger partial charge in [0.25, 0.3) is 0 Å². The normalized spacial score (nSPS) is 14.5. The number of benzene rings is 2. The molecular weight excluding hydrogens is 446 g/mol. The zero-order valence-electron chi connectivity index (χ0n) is 16.5. The fraction of sp³-hybridized carbons (Fsp3) is 0.238. The number of nitrogens with zero attached hydrogens (tertiary/aromatic N) is 5. The third kappa shape index (κ3) is 5.31. The number of ether oxygens (including phenoxy) is 1. The van der Waals surface area contributed by atoms with Crippen LogP contribution in [0.5, 0.6) is 0 Å². The van der Waals surface area contributed by atoms with E-state index in [9.17, 15) is 0 Å². The summed E-state index contributed by atoms with van der Waals surface area (Å²) in [5.41, 5.74) is 5.72. The first-order chi connectivity index (χ1) is 14.7. The maximum atomic E-state index is 5.45. The largest absolute Gasteiger partial charge is 0.378 e. The fourth-order valence-electron chi connectivity index (χ4n) is 2.95. The molecule has 2 N–H and O–H groups in total. The van der Waals surface area contributed by atoms with Crippen LogP contribution in [0.2, 0.25) is 0 Å². The number of hydrogen-bond acceptors (Lipinski definition) is 8. The van der Waals surface area contributed by atoms with Gasteiger partial charge in [-0.15, -0.1) is 0 Å². The number of nitrogens with one attached hydrogen (secondary N) is 2. The molecule has 2 heterocycles. The Hall–Kier alpha value is -3.04. The van der Waals surface area contributed by atoms with E-state index in [0.29, 0.717) is 31.1 Å². The molecule has 0 bridgehead atoms. The molecule has 1 fully saturated rings. The molecule has 1 aliphatic heterocycles. The molecule has 30 heavy (non-hydrogen) atoms. The molecule has 0 spiro atoms. The van der Waals surface area contributed by atoms with Crippen LogP contribution in [-0.2, 0) is 4.74 Å². The molecular formula is C21H22BrN7O. The van der Waals surface area contributed by atoms with Gasteiger partial charge in [-0.1, -0.05) is 52.3 Å². The Bertz CT molecular complexity index is 1020. The smallest absolute Gasteiger partial charge is 0.250 e. The van der Waals surface area contributed by atoms with Crippen molar-refractivity contribution in [1.82, 2.24) is 15.0 Å². The van der Waals surface area contributed by atoms with Gasteiger partial charge in [0, 0.05) is 23.2 Å². The Morgan fingerprint density at radius 3 is 2.53 bits per heavy atom. The first-order valence-corrected chi connectivity index (χ1v) is 10.4. The SMILES string of the molecule is C/C(=N/Nc1nc(Nc2cccc(Br)c2)nc(N2CCOCC2)n1)c1ccccc1. The van der Waals surface area contributed by atoms with Crippen molar-refractivity contribution in [2.75, 3.05) is 41.9 Å². The lowest BCUT2D eigenvalue weighted by atomic mass is 10.1. The summed E-state index contributed by atoms with van der Waals surface area (Å²) in [5.74, 6) is 1.40. The van der Waals surface area contributed by atoms with Crippen molar-refractivity contribution in [3.05, 3.63) is 64.6 Å². The summed E-state index contributed by atoms with van der Waals surface area (Å²) in [5, 5.41) is 7.69. The van der Waals surface area contributed by atoms with Crippen molar-refractivity contribution in [3.8, 4) is 0 Å². The van der Waals surface area contributed by atoms with E-state index < -0.39 is 0 Å². The van der Waals surface area contributed by atoms with Crippen molar-refractivity contribution >= 4 is 45.2 Å². The van der Waals surface area contributed by atoms with Gasteiger partial charge in [0.05, 0.1) is 18.9 Å². The van der Waals surface area contributed by atoms with Crippen molar-refractivity contribution < 1.29 is 4.74 Å². The number of morpholine rings is 1. The zero-order chi connectivity index (χ0) is 20.8. The van der Waals surface area contributed by atoms with Gasteiger partial charge < -0.3 is 15.0 Å². The number of hydrogen-bond donors (Lipinski definition) is 2. The van der Waals surface area contributed by atoms with Crippen molar-refractivity contribution in [1.29, 1.82) is 0 Å². The highest BCUT2D eigenvalue weighted by molar-refractivity contribution is 9.10. The molecule has 0 amide bonds. The van der Waals surface area contributed by atoms with Gasteiger partial charge in [-0.3, -0.25) is 0 Å². The van der Waals surface area contributed by atoms with Crippen molar-refractivity contribution in [2.24, 2.45) is 5.10 Å². The van der Waals surface area contributed by atoms with E-state index in [-0.39, 0.29) is 0 Å². The average molecular weight is 468 g/mol. The second-order valence-electron chi connectivity index (χ2n) is 6.69. The number of halogens is 1. The van der Waals surface area contributed by atoms with Gasteiger partial charge in [-0.25, -0.2) is 5.43 Å². The standard InChI is InChI=1S/C21H22BrN7O/c1-15(16-6-3-2-4-7-16)27-28-20-24-19(23-18-9-5-8-17(22)14-18)25-21(26-20)29-10-12-30-13-11-29/h2-9,14H,10-13H2,1H3,(H2,23,24,25,26,28)/b27-15-. The van der Waals surface area contributed by atoms with Crippen LogP contribution in [-0.4, -0.2) is 47.0 Å². The number of hydrazone groups is 1. The molecule has 154 valence electrons. The summed E-state index contributed by atoms with van der Waals surface area (Å²) in [6.07, 6.45) is 0. The van der Waals surface area contributed by atoms with Crippen molar-refractivity contribution in [2.45, 2.75) is 6.92 Å². The first-order valence-electron chi connectivity index (χ1n) is 9.64. The van der Waals surface area contributed by atoms with Gasteiger partial charge in [-0.2, -0.15) is 20.1 Å². The molecule has 2 aromatic carbocycles. The monoisotopic (exact) mass is 467 g/mol. The molecule has 0 radical (unpaired) electrons. The molecule has 0 saturated carbocycles.